The third-order valence-electron chi connectivity index (χ3n) is 5.25. The van der Waals surface area contributed by atoms with E-state index in [0.717, 1.165) is 22.8 Å². The lowest BCUT2D eigenvalue weighted by Gasteiger charge is -2.14. The highest BCUT2D eigenvalue weighted by Gasteiger charge is 2.22. The summed E-state index contributed by atoms with van der Waals surface area (Å²) in [5, 5.41) is 10.3. The zero-order valence-electron chi connectivity index (χ0n) is 22.2. The summed E-state index contributed by atoms with van der Waals surface area (Å²) >= 11 is 6.70. The van der Waals surface area contributed by atoms with Gasteiger partial charge in [-0.25, -0.2) is 18.1 Å². The van der Waals surface area contributed by atoms with E-state index < -0.39 is 10.0 Å². The normalized spacial score (nSPS) is 11.6. The first-order chi connectivity index (χ1) is 17.9. The maximum absolute atomic E-state index is 13.3. The molecule has 0 spiro atoms. The largest absolute Gasteiger partial charge is 0.360 e. The number of nitrogens with zero attached hydrogens (tertiary/aromatic N) is 2. The van der Waals surface area contributed by atoms with Crippen LogP contribution >= 0.6 is 23.6 Å². The van der Waals surface area contributed by atoms with E-state index in [2.05, 4.69) is 25.7 Å². The van der Waals surface area contributed by atoms with Crippen molar-refractivity contribution in [3.05, 3.63) is 48.7 Å². The molecule has 4 N–H and O–H groups in total. The molecule has 3 rings (SSSR count). The Kier molecular flexibility index (Phi) is 10.3. The van der Waals surface area contributed by atoms with Gasteiger partial charge in [0.1, 0.15) is 5.01 Å². The lowest BCUT2D eigenvalue weighted by atomic mass is 10.2. The van der Waals surface area contributed by atoms with Crippen LogP contribution in [0.1, 0.15) is 27.2 Å². The van der Waals surface area contributed by atoms with E-state index in [1.54, 1.807) is 18.3 Å². The third-order valence-corrected chi connectivity index (χ3v) is 8.05. The average molecular weight is 575 g/mol. The lowest BCUT2D eigenvalue weighted by Crippen LogP contribution is -2.33. The molecule has 0 saturated heterocycles. The highest BCUT2D eigenvalue weighted by Crippen LogP contribution is 2.37. The van der Waals surface area contributed by atoms with E-state index >= 15 is 0 Å². The number of anilines is 2. The van der Waals surface area contributed by atoms with Gasteiger partial charge >= 0.3 is 0 Å². The molecule has 0 aliphatic carbocycles. The van der Waals surface area contributed by atoms with Crippen LogP contribution in [0, 0.1) is 0 Å². The summed E-state index contributed by atoms with van der Waals surface area (Å²) in [7, 11) is 0.0327. The van der Waals surface area contributed by atoms with Gasteiger partial charge in [0.25, 0.3) is 0 Å². The molecule has 9 nitrogen and oxygen atoms in total. The molecule has 0 aliphatic rings. The number of nitrogens with one attached hydrogen (secondary N) is 4. The lowest BCUT2D eigenvalue weighted by molar-refractivity contribution is -0.114. The molecule has 0 aliphatic heterocycles. The number of thiazole rings is 1. The van der Waals surface area contributed by atoms with Gasteiger partial charge < -0.3 is 20.9 Å². The zero-order valence-corrected chi connectivity index (χ0v) is 24.6. The van der Waals surface area contributed by atoms with Crippen LogP contribution in [0.25, 0.3) is 21.0 Å². The SMILES string of the molecule is CC(=O)Nc1ccc(-c2cnc(-c3ccc(NC(=S)NC(C)C)cc3)s2)c(S(=O)(=O)NCCCN(C)C)c1. The van der Waals surface area contributed by atoms with Gasteiger partial charge in [0.05, 0.1) is 9.77 Å². The predicted octanol–water partition coefficient (Wildman–Crippen LogP) is 4.36. The maximum atomic E-state index is 13.3. The number of hydrogen-bond acceptors (Lipinski definition) is 7. The Hall–Kier alpha value is -2.90. The van der Waals surface area contributed by atoms with Crippen LogP contribution in [0.15, 0.2) is 53.6 Å². The van der Waals surface area contributed by atoms with Crippen molar-refractivity contribution < 1.29 is 13.2 Å². The van der Waals surface area contributed by atoms with E-state index in [1.807, 2.05) is 57.1 Å². The van der Waals surface area contributed by atoms with Crippen LogP contribution in [-0.2, 0) is 14.8 Å². The van der Waals surface area contributed by atoms with E-state index in [1.165, 1.54) is 24.3 Å². The number of rotatable bonds is 11. The van der Waals surface area contributed by atoms with Crippen molar-refractivity contribution in [1.82, 2.24) is 19.9 Å². The Morgan fingerprint density at radius 1 is 1.08 bits per heavy atom. The fourth-order valence-corrected chi connectivity index (χ4v) is 6.26. The minimum atomic E-state index is -3.84. The zero-order chi connectivity index (χ0) is 27.9. The first-order valence-electron chi connectivity index (χ1n) is 12.1. The summed E-state index contributed by atoms with van der Waals surface area (Å²) in [6.07, 6.45) is 2.34. The fourth-order valence-electron chi connectivity index (χ4n) is 3.57. The minimum Gasteiger partial charge on any atom is -0.360 e. The van der Waals surface area contributed by atoms with Gasteiger partial charge in [-0.2, -0.15) is 0 Å². The quantitative estimate of drug-likeness (QED) is 0.197. The van der Waals surface area contributed by atoms with Crippen molar-refractivity contribution in [1.29, 1.82) is 0 Å². The summed E-state index contributed by atoms with van der Waals surface area (Å²) in [6, 6.07) is 12.8. The van der Waals surface area contributed by atoms with Crippen molar-refractivity contribution in [3.63, 3.8) is 0 Å². The highest BCUT2D eigenvalue weighted by molar-refractivity contribution is 7.89. The van der Waals surface area contributed by atoms with Gasteiger partial charge in [0, 0.05) is 48.2 Å². The molecule has 12 heteroatoms. The van der Waals surface area contributed by atoms with Gasteiger partial charge in [-0.05, 0) is 89.5 Å². The average Bonchev–Trinajstić information content (AvgIpc) is 3.31. The van der Waals surface area contributed by atoms with Crippen molar-refractivity contribution in [2.45, 2.75) is 38.1 Å². The van der Waals surface area contributed by atoms with Gasteiger partial charge in [0.2, 0.25) is 15.9 Å². The molecule has 0 fully saturated rings. The number of thiocarbonyl (C=S) groups is 1. The number of sulfonamides is 1. The third kappa shape index (κ3) is 8.57. The predicted molar refractivity (Wildman–Crippen MR) is 160 cm³/mol. The van der Waals surface area contributed by atoms with Gasteiger partial charge in [-0.1, -0.05) is 6.07 Å². The molecule has 1 heterocycles. The summed E-state index contributed by atoms with van der Waals surface area (Å²) in [5.41, 5.74) is 2.68. The van der Waals surface area contributed by atoms with Gasteiger partial charge in [-0.3, -0.25) is 4.79 Å². The summed E-state index contributed by atoms with van der Waals surface area (Å²) in [5.74, 6) is -0.279. The summed E-state index contributed by atoms with van der Waals surface area (Å²) < 4.78 is 29.3. The Bertz CT molecular complexity index is 1370. The van der Waals surface area contributed by atoms with Crippen LogP contribution in [0.2, 0.25) is 0 Å². The molecular weight excluding hydrogens is 541 g/mol. The van der Waals surface area contributed by atoms with Gasteiger partial charge in [-0.15, -0.1) is 11.3 Å². The highest BCUT2D eigenvalue weighted by atomic mass is 32.2. The van der Waals surface area contributed by atoms with Crippen LogP contribution in [0.4, 0.5) is 11.4 Å². The fraction of sp³-hybridized carbons (Fsp3) is 0.346. The van der Waals surface area contributed by atoms with Crippen LogP contribution in [0.3, 0.4) is 0 Å². The molecule has 0 radical (unpaired) electrons. The first-order valence-corrected chi connectivity index (χ1v) is 14.9. The standard InChI is InChI=1S/C26H34N6O3S3/c1-17(2)29-26(36)31-20-9-7-19(8-10-20)25-27-16-23(37-25)22-12-11-21(30-18(3)33)15-24(22)38(34,35)28-13-6-14-32(4)5/h7-12,15-17,28H,6,13-14H2,1-5H3,(H,30,33)(H2,29,31,36). The Labute approximate surface area is 234 Å². The number of hydrogen-bond donors (Lipinski definition) is 4. The molecule has 0 bridgehead atoms. The van der Waals surface area contributed by atoms with Crippen LogP contribution in [0.5, 0.6) is 0 Å². The molecule has 3 aromatic rings. The second kappa shape index (κ2) is 13.3. The van der Waals surface area contributed by atoms with Crippen molar-refractivity contribution in [3.8, 4) is 21.0 Å². The van der Waals surface area contributed by atoms with Crippen molar-refractivity contribution >= 4 is 56.0 Å². The van der Waals surface area contributed by atoms with E-state index in [-0.39, 0.29) is 16.8 Å². The monoisotopic (exact) mass is 574 g/mol. The van der Waals surface area contributed by atoms with Crippen LogP contribution < -0.4 is 20.7 Å². The molecule has 38 heavy (non-hydrogen) atoms. The van der Waals surface area contributed by atoms with E-state index in [9.17, 15) is 13.2 Å². The van der Waals surface area contributed by atoms with Crippen molar-refractivity contribution in [2.75, 3.05) is 37.8 Å². The number of benzene rings is 2. The minimum absolute atomic E-state index is 0.0921. The maximum Gasteiger partial charge on any atom is 0.241 e. The van der Waals surface area contributed by atoms with Gasteiger partial charge in [0.15, 0.2) is 5.11 Å². The van der Waals surface area contributed by atoms with E-state index in [4.69, 9.17) is 12.2 Å². The molecule has 204 valence electrons. The smallest absolute Gasteiger partial charge is 0.241 e. The molecule has 2 aromatic carbocycles. The number of carbonyl (C=O) groups excluding carboxylic acids is 1. The number of amides is 1. The van der Waals surface area contributed by atoms with E-state index in [0.29, 0.717) is 34.2 Å². The molecule has 0 unspecified atom stereocenters. The molecular formula is C26H34N6O3S3. The summed E-state index contributed by atoms with van der Waals surface area (Å²) in [6.45, 7) is 6.47. The van der Waals surface area contributed by atoms with Crippen LogP contribution in [-0.4, -0.2) is 62.5 Å². The molecule has 0 atom stereocenters. The summed E-state index contributed by atoms with van der Waals surface area (Å²) in [4.78, 5) is 18.9. The first kappa shape index (κ1) is 29.7. The van der Waals surface area contributed by atoms with Crippen molar-refractivity contribution in [2.24, 2.45) is 0 Å². The molecule has 1 amide bonds. The number of carbonyl (C=O) groups is 1. The Morgan fingerprint density at radius 3 is 2.39 bits per heavy atom. The molecule has 0 saturated carbocycles. The number of aromatic nitrogens is 1. The molecule has 1 aromatic heterocycles. The Balaban J connectivity index is 1.87. The Morgan fingerprint density at radius 2 is 1.76 bits per heavy atom. The second-order valence-electron chi connectivity index (χ2n) is 9.31. The topological polar surface area (TPSA) is 115 Å². The second-order valence-corrected chi connectivity index (χ2v) is 12.5.